The summed E-state index contributed by atoms with van der Waals surface area (Å²) in [7, 11) is 0. The summed E-state index contributed by atoms with van der Waals surface area (Å²) in [4.78, 5) is 1.67. The van der Waals surface area contributed by atoms with Gasteiger partial charge in [0.05, 0.1) is 0 Å². The number of thiophene rings is 1. The summed E-state index contributed by atoms with van der Waals surface area (Å²) in [6.45, 7) is 7.17. The van der Waals surface area contributed by atoms with Gasteiger partial charge in [0.15, 0.2) is 0 Å². The van der Waals surface area contributed by atoms with E-state index in [9.17, 15) is 0 Å². The van der Waals surface area contributed by atoms with Crippen LogP contribution in [0.15, 0.2) is 11.4 Å². The molecule has 0 aliphatic heterocycles. The molecule has 0 radical (unpaired) electrons. The summed E-state index contributed by atoms with van der Waals surface area (Å²) in [5.74, 6) is 0.772. The molecule has 0 saturated carbocycles. The van der Waals surface area contributed by atoms with Gasteiger partial charge in [-0.05, 0) is 54.0 Å². The highest BCUT2D eigenvalue weighted by Gasteiger charge is 2.36. The number of hydrogen-bond acceptors (Lipinski definition) is 1. The molecule has 0 saturated heterocycles. The first-order valence-corrected chi connectivity index (χ1v) is 7.15. The highest BCUT2D eigenvalue weighted by molar-refractivity contribution is 7.10. The smallest absolute Gasteiger partial charge is 0.00829 e. The highest BCUT2D eigenvalue weighted by atomic mass is 32.1. The summed E-state index contributed by atoms with van der Waals surface area (Å²) in [6, 6.07) is 2.40. The zero-order chi connectivity index (χ0) is 10.9. The fourth-order valence-corrected chi connectivity index (χ4v) is 4.24. The molecule has 1 atom stereocenters. The largest absolute Gasteiger partial charge is 0.149 e. The van der Waals surface area contributed by atoms with Crippen LogP contribution in [-0.2, 0) is 11.8 Å². The quantitative estimate of drug-likeness (QED) is 0.632. The van der Waals surface area contributed by atoms with E-state index in [0.717, 1.165) is 5.92 Å². The molecule has 1 heteroatoms. The third-order valence-corrected chi connectivity index (χ3v) is 5.28. The van der Waals surface area contributed by atoms with Crippen molar-refractivity contribution in [3.63, 3.8) is 0 Å². The van der Waals surface area contributed by atoms with Gasteiger partial charge in [-0.25, -0.2) is 0 Å². The summed E-state index contributed by atoms with van der Waals surface area (Å²) in [5, 5.41) is 2.29. The fourth-order valence-electron chi connectivity index (χ4n) is 3.21. The van der Waals surface area contributed by atoms with Crippen molar-refractivity contribution in [1.82, 2.24) is 0 Å². The fraction of sp³-hybridized carbons (Fsp3) is 0.714. The van der Waals surface area contributed by atoms with Crippen LogP contribution in [0.3, 0.4) is 0 Å². The van der Waals surface area contributed by atoms with E-state index in [1.165, 1.54) is 32.1 Å². The maximum atomic E-state index is 2.40. The Kier molecular flexibility index (Phi) is 3.20. The molecule has 0 fully saturated rings. The zero-order valence-electron chi connectivity index (χ0n) is 10.2. The van der Waals surface area contributed by atoms with Gasteiger partial charge in [-0.15, -0.1) is 11.3 Å². The van der Waals surface area contributed by atoms with Crippen LogP contribution in [0.25, 0.3) is 0 Å². The minimum atomic E-state index is 0.478. The zero-order valence-corrected chi connectivity index (χ0v) is 11.0. The van der Waals surface area contributed by atoms with Crippen molar-refractivity contribution in [2.24, 2.45) is 5.92 Å². The van der Waals surface area contributed by atoms with Gasteiger partial charge < -0.3 is 0 Å². The Balaban J connectivity index is 2.47. The molecule has 0 aromatic carbocycles. The first-order valence-electron chi connectivity index (χ1n) is 6.27. The molecule has 1 heterocycles. The van der Waals surface area contributed by atoms with Crippen LogP contribution in [0.5, 0.6) is 0 Å². The van der Waals surface area contributed by atoms with E-state index in [4.69, 9.17) is 0 Å². The van der Waals surface area contributed by atoms with Crippen molar-refractivity contribution in [1.29, 1.82) is 0 Å². The van der Waals surface area contributed by atoms with Crippen LogP contribution in [0.1, 0.15) is 56.9 Å². The van der Waals surface area contributed by atoms with E-state index in [2.05, 4.69) is 32.2 Å². The van der Waals surface area contributed by atoms with Crippen LogP contribution in [0, 0.1) is 5.92 Å². The maximum absolute atomic E-state index is 2.40. The lowest BCUT2D eigenvalue weighted by atomic mass is 9.68. The summed E-state index contributed by atoms with van der Waals surface area (Å²) in [5.41, 5.74) is 2.16. The Morgan fingerprint density at radius 1 is 1.40 bits per heavy atom. The van der Waals surface area contributed by atoms with Crippen molar-refractivity contribution in [2.45, 2.75) is 58.3 Å². The third-order valence-electron chi connectivity index (χ3n) is 4.29. The monoisotopic (exact) mass is 222 g/mol. The standard InChI is InChI=1S/C14H22S/c1-4-14(11(2)3)9-6-5-7-13-12(14)8-10-15-13/h8,10-11H,4-7,9H2,1-3H3. The molecule has 1 aromatic rings. The summed E-state index contributed by atoms with van der Waals surface area (Å²) >= 11 is 1.97. The molecule has 84 valence electrons. The molecule has 0 bridgehead atoms. The molecule has 1 aromatic heterocycles. The van der Waals surface area contributed by atoms with Crippen LogP contribution in [-0.4, -0.2) is 0 Å². The molecule has 0 nitrogen and oxygen atoms in total. The topological polar surface area (TPSA) is 0 Å². The van der Waals surface area contributed by atoms with E-state index in [1.807, 2.05) is 11.3 Å². The molecule has 0 N–H and O–H groups in total. The lowest BCUT2D eigenvalue weighted by Crippen LogP contribution is -2.31. The van der Waals surface area contributed by atoms with Crippen molar-refractivity contribution in [3.8, 4) is 0 Å². The summed E-state index contributed by atoms with van der Waals surface area (Å²) < 4.78 is 0. The Labute approximate surface area is 97.7 Å². The lowest BCUT2D eigenvalue weighted by molar-refractivity contribution is 0.271. The lowest BCUT2D eigenvalue weighted by Gasteiger charge is -2.36. The molecule has 15 heavy (non-hydrogen) atoms. The van der Waals surface area contributed by atoms with Gasteiger partial charge in [0.1, 0.15) is 0 Å². The highest BCUT2D eigenvalue weighted by Crippen LogP contribution is 2.45. The van der Waals surface area contributed by atoms with E-state index in [0.29, 0.717) is 5.41 Å². The first kappa shape index (κ1) is 11.2. The Hall–Kier alpha value is -0.300. The van der Waals surface area contributed by atoms with Gasteiger partial charge >= 0.3 is 0 Å². The molecule has 2 rings (SSSR count). The Bertz CT molecular complexity index is 324. The van der Waals surface area contributed by atoms with Crippen LogP contribution in [0.4, 0.5) is 0 Å². The van der Waals surface area contributed by atoms with Crippen LogP contribution < -0.4 is 0 Å². The molecule has 1 aliphatic carbocycles. The van der Waals surface area contributed by atoms with Crippen molar-refractivity contribution in [3.05, 3.63) is 21.9 Å². The van der Waals surface area contributed by atoms with Gasteiger partial charge in [0.25, 0.3) is 0 Å². The second-order valence-corrected chi connectivity index (χ2v) is 6.13. The average molecular weight is 222 g/mol. The van der Waals surface area contributed by atoms with Crippen molar-refractivity contribution < 1.29 is 0 Å². The maximum Gasteiger partial charge on any atom is 0.00829 e. The average Bonchev–Trinajstić information content (AvgIpc) is 2.60. The Morgan fingerprint density at radius 2 is 2.20 bits per heavy atom. The van der Waals surface area contributed by atoms with Gasteiger partial charge in [-0.1, -0.05) is 27.2 Å². The van der Waals surface area contributed by atoms with Crippen LogP contribution in [0.2, 0.25) is 0 Å². The minimum absolute atomic E-state index is 0.478. The second-order valence-electron chi connectivity index (χ2n) is 5.13. The number of fused-ring (bicyclic) bond motifs is 1. The second kappa shape index (κ2) is 4.29. The van der Waals surface area contributed by atoms with E-state index >= 15 is 0 Å². The molecule has 0 amide bonds. The van der Waals surface area contributed by atoms with Crippen molar-refractivity contribution in [2.75, 3.05) is 0 Å². The van der Waals surface area contributed by atoms with Crippen molar-refractivity contribution >= 4 is 11.3 Å². The molecule has 1 aliphatic rings. The number of hydrogen-bond donors (Lipinski definition) is 0. The normalized spacial score (nSPS) is 26.4. The predicted molar refractivity (Wildman–Crippen MR) is 68.7 cm³/mol. The number of aryl methyl sites for hydroxylation is 1. The van der Waals surface area contributed by atoms with Gasteiger partial charge in [0.2, 0.25) is 0 Å². The summed E-state index contributed by atoms with van der Waals surface area (Å²) in [6.07, 6.45) is 6.82. The predicted octanol–water partition coefficient (Wildman–Crippen LogP) is 4.78. The van der Waals surface area contributed by atoms with Gasteiger partial charge in [0, 0.05) is 4.88 Å². The Morgan fingerprint density at radius 3 is 2.87 bits per heavy atom. The first-order chi connectivity index (χ1) is 7.20. The van der Waals surface area contributed by atoms with Gasteiger partial charge in [-0.3, -0.25) is 0 Å². The van der Waals surface area contributed by atoms with Crippen LogP contribution >= 0.6 is 11.3 Å². The molecule has 0 spiro atoms. The SMILES string of the molecule is CCC1(C(C)C)CCCCc2sccc21. The van der Waals surface area contributed by atoms with Gasteiger partial charge in [-0.2, -0.15) is 0 Å². The molecule has 1 unspecified atom stereocenters. The van der Waals surface area contributed by atoms with E-state index in [1.54, 1.807) is 10.4 Å². The van der Waals surface area contributed by atoms with E-state index in [-0.39, 0.29) is 0 Å². The molecular formula is C14H22S. The van der Waals surface area contributed by atoms with E-state index < -0.39 is 0 Å². The minimum Gasteiger partial charge on any atom is -0.149 e. The molecular weight excluding hydrogens is 200 g/mol. The third kappa shape index (κ3) is 1.75. The number of rotatable bonds is 2.